The molecule has 0 aliphatic heterocycles. The first-order valence-corrected chi connectivity index (χ1v) is 5.62. The summed E-state index contributed by atoms with van der Waals surface area (Å²) in [6.45, 7) is 3.87. The van der Waals surface area contributed by atoms with Crippen LogP contribution in [0, 0.1) is 5.92 Å². The van der Waals surface area contributed by atoms with Crippen molar-refractivity contribution in [3.63, 3.8) is 0 Å². The first-order valence-electron chi connectivity index (χ1n) is 4.99. The van der Waals surface area contributed by atoms with Gasteiger partial charge in [-0.3, -0.25) is 4.79 Å². The summed E-state index contributed by atoms with van der Waals surface area (Å²) in [4.78, 5) is 23.8. The van der Waals surface area contributed by atoms with Gasteiger partial charge in [-0.15, -0.1) is 0 Å². The second-order valence-electron chi connectivity index (χ2n) is 3.96. The molecule has 0 fully saturated rings. The van der Waals surface area contributed by atoms with E-state index >= 15 is 0 Å². The van der Waals surface area contributed by atoms with Crippen LogP contribution in [0.3, 0.4) is 0 Å². The monoisotopic (exact) mass is 233 g/mol. The Morgan fingerprint density at radius 3 is 2.27 bits per heavy atom. The van der Waals surface area contributed by atoms with Crippen LogP contribution in [0.25, 0.3) is 0 Å². The maximum atomic E-state index is 11.5. The molecule has 0 spiro atoms. The lowest BCUT2D eigenvalue weighted by molar-refractivity contribution is -0.149. The zero-order valence-corrected chi connectivity index (χ0v) is 10.3. The number of likely N-dealkylation sites (N-methyl/N-ethyl adjacent to an activating group) is 1. The quantitative estimate of drug-likeness (QED) is 0.679. The van der Waals surface area contributed by atoms with Gasteiger partial charge >= 0.3 is 5.97 Å². The number of carboxylic acid groups (broad SMARTS) is 1. The smallest absolute Gasteiger partial charge is 0.326 e. The molecule has 1 N–H and O–H groups in total. The third-order valence-electron chi connectivity index (χ3n) is 2.17. The molecule has 88 valence electrons. The van der Waals surface area contributed by atoms with E-state index in [1.807, 2.05) is 13.8 Å². The maximum absolute atomic E-state index is 11.5. The number of carbonyl (C=O) groups excluding carboxylic acids is 1. The van der Waals surface area contributed by atoms with Crippen molar-refractivity contribution in [3.05, 3.63) is 0 Å². The van der Waals surface area contributed by atoms with E-state index in [0.29, 0.717) is 12.2 Å². The van der Waals surface area contributed by atoms with Crippen LogP contribution in [0.4, 0.5) is 0 Å². The van der Waals surface area contributed by atoms with E-state index in [-0.39, 0.29) is 18.2 Å². The van der Waals surface area contributed by atoms with Gasteiger partial charge in [0.25, 0.3) is 0 Å². The van der Waals surface area contributed by atoms with Gasteiger partial charge in [0, 0.05) is 13.5 Å². The molecule has 5 heteroatoms. The number of hydrogen-bond donors (Lipinski definition) is 2. The van der Waals surface area contributed by atoms with Crippen LogP contribution in [-0.4, -0.2) is 40.7 Å². The van der Waals surface area contributed by atoms with Crippen LogP contribution in [0.5, 0.6) is 0 Å². The van der Waals surface area contributed by atoms with E-state index in [9.17, 15) is 9.59 Å². The molecule has 0 heterocycles. The lowest BCUT2D eigenvalue weighted by atomic mass is 10.0. The highest BCUT2D eigenvalue weighted by atomic mass is 32.1. The van der Waals surface area contributed by atoms with Crippen LogP contribution in [0.1, 0.15) is 26.7 Å². The van der Waals surface area contributed by atoms with Gasteiger partial charge < -0.3 is 10.0 Å². The Bertz CT molecular complexity index is 231. The lowest BCUT2D eigenvalue weighted by Gasteiger charge is -2.26. The van der Waals surface area contributed by atoms with Crippen LogP contribution in [-0.2, 0) is 9.59 Å². The molecule has 0 saturated heterocycles. The number of rotatable bonds is 6. The van der Waals surface area contributed by atoms with E-state index in [1.165, 1.54) is 11.9 Å². The van der Waals surface area contributed by atoms with Gasteiger partial charge in [0.1, 0.15) is 6.04 Å². The number of nitrogens with zero attached hydrogens (tertiary/aromatic N) is 1. The van der Waals surface area contributed by atoms with E-state index in [2.05, 4.69) is 12.6 Å². The summed E-state index contributed by atoms with van der Waals surface area (Å²) < 4.78 is 0. The van der Waals surface area contributed by atoms with Gasteiger partial charge in [-0.05, 0) is 18.1 Å². The zero-order chi connectivity index (χ0) is 12.0. The fraction of sp³-hybridized carbons (Fsp3) is 0.800. The van der Waals surface area contributed by atoms with Crippen LogP contribution < -0.4 is 0 Å². The molecule has 0 bridgehead atoms. The molecule has 0 saturated carbocycles. The Morgan fingerprint density at radius 2 is 1.93 bits per heavy atom. The number of carboxylic acids is 1. The maximum Gasteiger partial charge on any atom is 0.326 e. The van der Waals surface area contributed by atoms with Gasteiger partial charge in [-0.25, -0.2) is 4.79 Å². The Kier molecular flexibility index (Phi) is 6.40. The van der Waals surface area contributed by atoms with Crippen molar-refractivity contribution in [2.24, 2.45) is 5.92 Å². The highest BCUT2D eigenvalue weighted by Crippen LogP contribution is 2.11. The molecule has 0 aromatic heterocycles. The van der Waals surface area contributed by atoms with Crippen molar-refractivity contribution in [2.75, 3.05) is 12.8 Å². The van der Waals surface area contributed by atoms with E-state index in [1.54, 1.807) is 0 Å². The van der Waals surface area contributed by atoms with E-state index < -0.39 is 12.0 Å². The first-order chi connectivity index (χ1) is 6.90. The molecular formula is C10H19NO3S. The summed E-state index contributed by atoms with van der Waals surface area (Å²) >= 11 is 3.95. The minimum Gasteiger partial charge on any atom is -0.480 e. The zero-order valence-electron chi connectivity index (χ0n) is 9.43. The Morgan fingerprint density at radius 1 is 1.40 bits per heavy atom. The fourth-order valence-corrected chi connectivity index (χ4v) is 1.51. The third-order valence-corrected chi connectivity index (χ3v) is 2.39. The van der Waals surface area contributed by atoms with E-state index in [4.69, 9.17) is 5.11 Å². The summed E-state index contributed by atoms with van der Waals surface area (Å²) in [5.41, 5.74) is 0. The van der Waals surface area contributed by atoms with Crippen molar-refractivity contribution in [1.82, 2.24) is 4.90 Å². The normalized spacial score (nSPS) is 12.6. The average molecular weight is 233 g/mol. The molecular weight excluding hydrogens is 214 g/mol. The van der Waals surface area contributed by atoms with Crippen molar-refractivity contribution >= 4 is 24.5 Å². The number of thiol groups is 1. The predicted molar refractivity (Wildman–Crippen MR) is 62.1 cm³/mol. The summed E-state index contributed by atoms with van der Waals surface area (Å²) in [7, 11) is 1.53. The lowest BCUT2D eigenvalue weighted by Crippen LogP contribution is -2.43. The minimum atomic E-state index is -0.946. The molecule has 0 aromatic carbocycles. The highest BCUT2D eigenvalue weighted by molar-refractivity contribution is 7.80. The standard InChI is InChI=1S/C10H19NO3S/c1-7(2)6-8(10(13)14)11(3)9(12)4-5-15/h7-8,15H,4-6H2,1-3H3,(H,13,14)/t8-/m0/s1. The number of aliphatic carboxylic acids is 1. The SMILES string of the molecule is CC(C)C[C@@H](C(=O)O)N(C)C(=O)CCS. The van der Waals surface area contributed by atoms with Crippen LogP contribution in [0.15, 0.2) is 0 Å². The Labute approximate surface area is 96.1 Å². The first kappa shape index (κ1) is 14.3. The molecule has 0 aromatic rings. The second kappa shape index (κ2) is 6.71. The Balaban J connectivity index is 4.47. The number of amides is 1. The third kappa shape index (κ3) is 5.06. The molecule has 1 amide bonds. The average Bonchev–Trinajstić information content (AvgIpc) is 2.12. The summed E-state index contributed by atoms with van der Waals surface area (Å²) in [6.07, 6.45) is 0.756. The molecule has 0 unspecified atom stereocenters. The van der Waals surface area contributed by atoms with Gasteiger partial charge in [0.15, 0.2) is 0 Å². The largest absolute Gasteiger partial charge is 0.480 e. The fourth-order valence-electron chi connectivity index (χ4n) is 1.32. The summed E-state index contributed by atoms with van der Waals surface area (Å²) in [5, 5.41) is 9.00. The van der Waals surface area contributed by atoms with Gasteiger partial charge in [-0.1, -0.05) is 13.8 Å². The van der Waals surface area contributed by atoms with Gasteiger partial charge in [0.2, 0.25) is 5.91 Å². The van der Waals surface area contributed by atoms with Crippen molar-refractivity contribution in [1.29, 1.82) is 0 Å². The van der Waals surface area contributed by atoms with Crippen molar-refractivity contribution in [2.45, 2.75) is 32.7 Å². The topological polar surface area (TPSA) is 57.6 Å². The Hall–Kier alpha value is -0.710. The molecule has 0 radical (unpaired) electrons. The van der Waals surface area contributed by atoms with Crippen LogP contribution in [0.2, 0.25) is 0 Å². The molecule has 0 aliphatic rings. The summed E-state index contributed by atoms with van der Waals surface area (Å²) in [5.74, 6) is -0.425. The van der Waals surface area contributed by atoms with Gasteiger partial charge in [-0.2, -0.15) is 12.6 Å². The molecule has 0 aliphatic carbocycles. The number of hydrogen-bond acceptors (Lipinski definition) is 3. The highest BCUT2D eigenvalue weighted by Gasteiger charge is 2.26. The van der Waals surface area contributed by atoms with Crippen molar-refractivity contribution in [3.8, 4) is 0 Å². The van der Waals surface area contributed by atoms with E-state index in [0.717, 1.165) is 0 Å². The summed E-state index contributed by atoms with van der Waals surface area (Å²) in [6, 6.07) is -0.725. The molecule has 1 atom stereocenters. The number of carbonyl (C=O) groups is 2. The molecule has 15 heavy (non-hydrogen) atoms. The molecule has 4 nitrogen and oxygen atoms in total. The van der Waals surface area contributed by atoms with Crippen LogP contribution >= 0.6 is 12.6 Å². The predicted octanol–water partition coefficient (Wildman–Crippen LogP) is 1.26. The van der Waals surface area contributed by atoms with Gasteiger partial charge in [0.05, 0.1) is 0 Å². The van der Waals surface area contributed by atoms with Crippen molar-refractivity contribution < 1.29 is 14.7 Å². The second-order valence-corrected chi connectivity index (χ2v) is 4.41. The minimum absolute atomic E-state index is 0.168. The molecule has 0 rings (SSSR count).